The van der Waals surface area contributed by atoms with E-state index in [4.69, 9.17) is 21.7 Å². The van der Waals surface area contributed by atoms with Crippen LogP contribution in [-0.4, -0.2) is 52.2 Å². The number of amides is 2. The number of anilines is 5. The van der Waals surface area contributed by atoms with Gasteiger partial charge in [0.05, 0.1) is 17.8 Å². The highest BCUT2D eigenvalue weighted by Gasteiger charge is 2.28. The van der Waals surface area contributed by atoms with Crippen molar-refractivity contribution in [2.75, 3.05) is 29.0 Å². The Kier molecular flexibility index (Phi) is 10.6. The maximum absolute atomic E-state index is 13.4. The average molecular weight is 676 g/mol. The average Bonchev–Trinajstić information content (AvgIpc) is 3.09. The fraction of sp³-hybridized carbons (Fsp3) is 0.235. The first-order chi connectivity index (χ1) is 23.0. The molecule has 0 spiro atoms. The Morgan fingerprint density at radius 3 is 2.40 bits per heavy atom. The van der Waals surface area contributed by atoms with Crippen molar-refractivity contribution in [3.05, 3.63) is 100 Å². The molecule has 0 unspecified atom stereocenters. The van der Waals surface area contributed by atoms with Crippen molar-refractivity contribution in [2.45, 2.75) is 31.9 Å². The van der Waals surface area contributed by atoms with Crippen LogP contribution >= 0.6 is 11.6 Å². The normalized spacial score (nSPS) is 14.2. The second kappa shape index (κ2) is 15.0. The lowest BCUT2D eigenvalue weighted by Gasteiger charge is -2.31. The number of hydrogen-bond donors (Lipinski definition) is 3. The molecule has 10 nitrogen and oxygen atoms in total. The number of nitrogens with zero attached hydrogens (tertiary/aromatic N) is 4. The lowest BCUT2D eigenvalue weighted by atomic mass is 9.94. The molecule has 1 aromatic heterocycles. The Balaban J connectivity index is 0.000000689. The summed E-state index contributed by atoms with van der Waals surface area (Å²) in [5.74, 6) is 0.593. The van der Waals surface area contributed by atoms with Crippen LogP contribution in [0.5, 0.6) is 0 Å². The molecule has 0 aliphatic carbocycles. The fourth-order valence-corrected chi connectivity index (χ4v) is 5.45. The molecule has 4 aromatic rings. The van der Waals surface area contributed by atoms with Crippen molar-refractivity contribution in [1.82, 2.24) is 14.9 Å². The Morgan fingerprint density at radius 1 is 1.00 bits per heavy atom. The van der Waals surface area contributed by atoms with Gasteiger partial charge in [0.2, 0.25) is 18.1 Å². The lowest BCUT2D eigenvalue weighted by Crippen LogP contribution is -2.41. The summed E-state index contributed by atoms with van der Waals surface area (Å²) in [4.78, 5) is 45.6. The maximum Gasteiger partial charge on any atom is 0.446 e. The number of rotatable bonds is 3. The Morgan fingerprint density at radius 2 is 1.71 bits per heavy atom. The molecule has 0 atom stereocenters. The molecule has 0 radical (unpaired) electrons. The monoisotopic (exact) mass is 675 g/mol. The number of hydrogen-bond acceptors (Lipinski definition) is 8. The molecule has 14 heteroatoms. The molecule has 1 fully saturated rings. The van der Waals surface area contributed by atoms with Crippen LogP contribution < -0.4 is 16.0 Å². The van der Waals surface area contributed by atoms with Gasteiger partial charge in [-0.05, 0) is 91.4 Å². The molecule has 3 N–H and O–H groups in total. The van der Waals surface area contributed by atoms with Gasteiger partial charge in [-0.3, -0.25) is 14.4 Å². The number of halogens is 4. The molecule has 6 rings (SSSR count). The van der Waals surface area contributed by atoms with Crippen LogP contribution in [0.1, 0.15) is 39.9 Å². The number of aromatic nitrogens is 2. The van der Waals surface area contributed by atoms with Crippen molar-refractivity contribution in [1.29, 1.82) is 5.26 Å². The van der Waals surface area contributed by atoms with E-state index >= 15 is 0 Å². The van der Waals surface area contributed by atoms with Gasteiger partial charge in [-0.2, -0.15) is 23.4 Å². The number of alkyl halides is 3. The van der Waals surface area contributed by atoms with Crippen molar-refractivity contribution < 1.29 is 27.6 Å². The molecular weight excluding hydrogens is 647 g/mol. The van der Waals surface area contributed by atoms with Gasteiger partial charge in [0.15, 0.2) is 5.82 Å². The standard InChI is InChI=1S/C32H28ClN7O2.C2HF3O/c33-27-19-35-32-37-25-3-1-2-20(16-25)4-9-24-17-26(36-29(27)39-32)10-11-28(24)38-30(41)22-12-14-40(15-13-22)31(42)23-7-5-21(18-34)6-8-23;3-2(4,5)1-6/h1-3,5-8,10-11,16-17,19,22H,4,9,12-15H2,(H,38,41)(H2,35,36,37,39);1H. The number of benzene rings is 3. The summed E-state index contributed by atoms with van der Waals surface area (Å²) >= 11 is 6.39. The largest absolute Gasteiger partial charge is 0.446 e. The molecule has 3 heterocycles. The summed E-state index contributed by atoms with van der Waals surface area (Å²) in [5, 5.41) is 19.1. The second-order valence-electron chi connectivity index (χ2n) is 11.1. The molecule has 2 amide bonds. The van der Waals surface area contributed by atoms with E-state index < -0.39 is 12.5 Å². The van der Waals surface area contributed by atoms with Crippen LogP contribution in [0.15, 0.2) is 72.9 Å². The molecule has 3 aromatic carbocycles. The first kappa shape index (κ1) is 33.9. The third-order valence-corrected chi connectivity index (χ3v) is 8.06. The van der Waals surface area contributed by atoms with Crippen molar-refractivity contribution in [3.8, 4) is 6.07 Å². The smallest absolute Gasteiger partial charge is 0.339 e. The molecule has 2 aliphatic rings. The molecule has 48 heavy (non-hydrogen) atoms. The first-order valence-corrected chi connectivity index (χ1v) is 15.3. The van der Waals surface area contributed by atoms with Crippen LogP contribution in [0.3, 0.4) is 0 Å². The molecule has 0 saturated carbocycles. The summed E-state index contributed by atoms with van der Waals surface area (Å²) < 4.78 is 31.2. The van der Waals surface area contributed by atoms with E-state index in [0.717, 1.165) is 34.6 Å². The van der Waals surface area contributed by atoms with E-state index in [0.29, 0.717) is 60.3 Å². The number of carbonyl (C=O) groups is 3. The first-order valence-electron chi connectivity index (χ1n) is 14.9. The van der Waals surface area contributed by atoms with Crippen molar-refractivity contribution in [3.63, 3.8) is 0 Å². The highest BCUT2D eigenvalue weighted by atomic mass is 35.5. The minimum atomic E-state index is -4.64. The van der Waals surface area contributed by atoms with Gasteiger partial charge < -0.3 is 20.9 Å². The van der Waals surface area contributed by atoms with Gasteiger partial charge in [-0.15, -0.1) is 0 Å². The second-order valence-corrected chi connectivity index (χ2v) is 11.5. The highest BCUT2D eigenvalue weighted by molar-refractivity contribution is 6.32. The molecular formula is C34H29ClF3N7O3. The number of fused-ring (bicyclic) bond motifs is 6. The SMILES string of the molecule is N#Cc1ccc(C(=O)N2CCC(C(=O)Nc3ccc4cc3CCc3cccc(c3)Nc3ncc(Cl)c(n3)N4)CC2)cc1.O=CC(F)(F)F. The Bertz CT molecular complexity index is 1850. The summed E-state index contributed by atoms with van der Waals surface area (Å²) in [7, 11) is 0. The van der Waals surface area contributed by atoms with Crippen LogP contribution in [0.25, 0.3) is 0 Å². The lowest BCUT2D eigenvalue weighted by molar-refractivity contribution is -0.156. The van der Waals surface area contributed by atoms with Gasteiger partial charge in [0.1, 0.15) is 5.02 Å². The van der Waals surface area contributed by atoms with E-state index in [2.05, 4.69) is 44.1 Å². The summed E-state index contributed by atoms with van der Waals surface area (Å²) in [6.45, 7) is 0.997. The summed E-state index contributed by atoms with van der Waals surface area (Å²) in [5.41, 5.74) is 5.64. The third-order valence-electron chi connectivity index (χ3n) is 7.78. The van der Waals surface area contributed by atoms with Gasteiger partial charge in [-0.25, -0.2) is 4.98 Å². The number of aryl methyl sites for hydroxylation is 2. The molecule has 2 aliphatic heterocycles. The zero-order chi connectivity index (χ0) is 34.3. The van der Waals surface area contributed by atoms with E-state index in [1.54, 1.807) is 35.4 Å². The summed E-state index contributed by atoms with van der Waals surface area (Å²) in [6.07, 6.45) is -1.50. The highest BCUT2D eigenvalue weighted by Crippen LogP contribution is 2.30. The topological polar surface area (TPSA) is 140 Å². The minimum absolute atomic E-state index is 0.0463. The van der Waals surface area contributed by atoms with Crippen LogP contribution in [0.2, 0.25) is 5.02 Å². The minimum Gasteiger partial charge on any atom is -0.339 e. The van der Waals surface area contributed by atoms with E-state index in [-0.39, 0.29) is 17.7 Å². The zero-order valence-electron chi connectivity index (χ0n) is 25.4. The van der Waals surface area contributed by atoms with E-state index in [9.17, 15) is 22.8 Å². The Hall–Kier alpha value is -5.48. The molecule has 246 valence electrons. The zero-order valence-corrected chi connectivity index (χ0v) is 26.1. The van der Waals surface area contributed by atoms with Crippen molar-refractivity contribution in [2.24, 2.45) is 5.92 Å². The van der Waals surface area contributed by atoms with Crippen molar-refractivity contribution >= 4 is 58.5 Å². The predicted octanol–water partition coefficient (Wildman–Crippen LogP) is 6.83. The van der Waals surface area contributed by atoms with Gasteiger partial charge in [0.25, 0.3) is 5.91 Å². The molecule has 1 saturated heterocycles. The van der Waals surface area contributed by atoms with E-state index in [1.807, 2.05) is 30.3 Å². The van der Waals surface area contributed by atoms with Crippen LogP contribution in [-0.2, 0) is 22.4 Å². The van der Waals surface area contributed by atoms with Crippen LogP contribution in [0.4, 0.5) is 42.0 Å². The fourth-order valence-electron chi connectivity index (χ4n) is 5.31. The Labute approximate surface area is 279 Å². The predicted molar refractivity (Wildman–Crippen MR) is 174 cm³/mol. The quantitative estimate of drug-likeness (QED) is 0.201. The van der Waals surface area contributed by atoms with Gasteiger partial charge >= 0.3 is 6.18 Å². The third kappa shape index (κ3) is 8.86. The van der Waals surface area contributed by atoms with E-state index in [1.165, 1.54) is 0 Å². The number of likely N-dealkylation sites (tertiary alicyclic amines) is 1. The molecule has 6 bridgehead atoms. The van der Waals surface area contributed by atoms with Gasteiger partial charge in [0, 0.05) is 41.6 Å². The number of piperidine rings is 1. The maximum atomic E-state index is 13.4. The van der Waals surface area contributed by atoms with Crippen LogP contribution in [0, 0.1) is 17.2 Å². The number of nitriles is 1. The van der Waals surface area contributed by atoms with Gasteiger partial charge in [-0.1, -0.05) is 23.7 Å². The number of aldehydes is 1. The number of nitrogens with one attached hydrogen (secondary N) is 3. The summed E-state index contributed by atoms with van der Waals surface area (Å²) in [6, 6.07) is 22.6. The number of carbonyl (C=O) groups excluding carboxylic acids is 3.